The standard InChI is InChI=1S/C15H30N2O2/c1-11-10-19-13(9-18)8-17(11)7-12-5-4-6-15(2,3)14(12)16/h11-14,18H,4-10,16H2,1-3H3. The van der Waals surface area contributed by atoms with E-state index in [0.717, 1.165) is 19.7 Å². The number of hydrogen-bond donors (Lipinski definition) is 2. The van der Waals surface area contributed by atoms with Gasteiger partial charge >= 0.3 is 0 Å². The van der Waals surface area contributed by atoms with Crippen LogP contribution in [0.15, 0.2) is 0 Å². The lowest BCUT2D eigenvalue weighted by Gasteiger charge is -2.46. The summed E-state index contributed by atoms with van der Waals surface area (Å²) in [4.78, 5) is 2.45. The normalized spacial score (nSPS) is 40.3. The van der Waals surface area contributed by atoms with E-state index in [1.165, 1.54) is 19.3 Å². The third-order valence-corrected chi connectivity index (χ3v) is 5.11. The van der Waals surface area contributed by atoms with Gasteiger partial charge in [0.15, 0.2) is 0 Å². The highest BCUT2D eigenvalue weighted by Crippen LogP contribution is 2.38. The van der Waals surface area contributed by atoms with Crippen molar-refractivity contribution in [2.24, 2.45) is 17.1 Å². The Kier molecular flexibility index (Phi) is 4.88. The van der Waals surface area contributed by atoms with E-state index in [9.17, 15) is 5.11 Å². The molecule has 1 heterocycles. The smallest absolute Gasteiger partial charge is 0.0933 e. The molecule has 3 N–H and O–H groups in total. The van der Waals surface area contributed by atoms with Crippen LogP contribution in [-0.2, 0) is 4.74 Å². The van der Waals surface area contributed by atoms with Crippen LogP contribution in [0.5, 0.6) is 0 Å². The van der Waals surface area contributed by atoms with Crippen LogP contribution in [0.2, 0.25) is 0 Å². The topological polar surface area (TPSA) is 58.7 Å². The molecule has 4 heteroatoms. The molecular weight excluding hydrogens is 240 g/mol. The molecule has 1 saturated carbocycles. The molecule has 112 valence electrons. The van der Waals surface area contributed by atoms with E-state index in [1.807, 2.05) is 0 Å². The van der Waals surface area contributed by atoms with Crippen LogP contribution in [0.3, 0.4) is 0 Å². The van der Waals surface area contributed by atoms with Gasteiger partial charge in [0.25, 0.3) is 0 Å². The van der Waals surface area contributed by atoms with Crippen LogP contribution < -0.4 is 5.73 Å². The van der Waals surface area contributed by atoms with Gasteiger partial charge in [0.2, 0.25) is 0 Å². The molecule has 2 aliphatic rings. The summed E-state index contributed by atoms with van der Waals surface area (Å²) in [6.45, 7) is 9.51. The minimum absolute atomic E-state index is 0.0241. The van der Waals surface area contributed by atoms with E-state index in [4.69, 9.17) is 10.5 Å². The van der Waals surface area contributed by atoms with Crippen molar-refractivity contribution in [3.05, 3.63) is 0 Å². The Morgan fingerprint density at radius 3 is 2.84 bits per heavy atom. The van der Waals surface area contributed by atoms with Crippen molar-refractivity contribution in [3.8, 4) is 0 Å². The molecule has 1 aliphatic carbocycles. The largest absolute Gasteiger partial charge is 0.394 e. The van der Waals surface area contributed by atoms with Gasteiger partial charge in [-0.1, -0.05) is 20.3 Å². The molecule has 4 unspecified atom stereocenters. The molecule has 4 nitrogen and oxygen atoms in total. The van der Waals surface area contributed by atoms with Crippen molar-refractivity contribution in [1.82, 2.24) is 4.90 Å². The van der Waals surface area contributed by atoms with Crippen LogP contribution in [0.4, 0.5) is 0 Å². The Labute approximate surface area is 117 Å². The number of aliphatic hydroxyl groups excluding tert-OH is 1. The number of aliphatic hydroxyl groups is 1. The molecule has 1 saturated heterocycles. The summed E-state index contributed by atoms with van der Waals surface area (Å²) < 4.78 is 5.60. The molecule has 2 rings (SSSR count). The van der Waals surface area contributed by atoms with Crippen LogP contribution in [0.25, 0.3) is 0 Å². The van der Waals surface area contributed by atoms with Crippen LogP contribution in [0.1, 0.15) is 40.0 Å². The van der Waals surface area contributed by atoms with Gasteiger partial charge in [-0.2, -0.15) is 0 Å². The molecule has 0 radical (unpaired) electrons. The third kappa shape index (κ3) is 3.48. The third-order valence-electron chi connectivity index (χ3n) is 5.11. The van der Waals surface area contributed by atoms with Gasteiger partial charge < -0.3 is 15.6 Å². The van der Waals surface area contributed by atoms with Crippen molar-refractivity contribution in [1.29, 1.82) is 0 Å². The molecule has 0 bridgehead atoms. The van der Waals surface area contributed by atoms with Crippen molar-refractivity contribution in [2.45, 2.75) is 58.2 Å². The maximum atomic E-state index is 9.26. The molecule has 0 spiro atoms. The second-order valence-corrected chi connectivity index (χ2v) is 7.11. The highest BCUT2D eigenvalue weighted by Gasteiger charge is 2.38. The Morgan fingerprint density at radius 1 is 1.42 bits per heavy atom. The lowest BCUT2D eigenvalue weighted by atomic mass is 9.68. The fourth-order valence-electron chi connectivity index (χ4n) is 3.55. The molecule has 0 aromatic heterocycles. The van der Waals surface area contributed by atoms with E-state index in [-0.39, 0.29) is 24.2 Å². The number of nitrogens with zero attached hydrogens (tertiary/aromatic N) is 1. The van der Waals surface area contributed by atoms with Gasteiger partial charge in [-0.15, -0.1) is 0 Å². The van der Waals surface area contributed by atoms with Gasteiger partial charge in [0.05, 0.1) is 19.3 Å². The maximum absolute atomic E-state index is 9.26. The van der Waals surface area contributed by atoms with Crippen molar-refractivity contribution in [2.75, 3.05) is 26.3 Å². The first-order valence-electron chi connectivity index (χ1n) is 7.66. The Bertz CT molecular complexity index is 296. The Morgan fingerprint density at radius 2 is 2.16 bits per heavy atom. The average molecular weight is 270 g/mol. The number of hydrogen-bond acceptors (Lipinski definition) is 4. The number of rotatable bonds is 3. The molecular formula is C15H30N2O2. The molecule has 19 heavy (non-hydrogen) atoms. The highest BCUT2D eigenvalue weighted by molar-refractivity contribution is 4.93. The minimum atomic E-state index is -0.0241. The minimum Gasteiger partial charge on any atom is -0.394 e. The van der Waals surface area contributed by atoms with E-state index in [1.54, 1.807) is 0 Å². The van der Waals surface area contributed by atoms with Gasteiger partial charge in [-0.05, 0) is 31.1 Å². The predicted molar refractivity (Wildman–Crippen MR) is 77.0 cm³/mol. The zero-order valence-corrected chi connectivity index (χ0v) is 12.6. The van der Waals surface area contributed by atoms with E-state index in [2.05, 4.69) is 25.7 Å². The van der Waals surface area contributed by atoms with Gasteiger partial charge in [0, 0.05) is 25.2 Å². The van der Waals surface area contributed by atoms with Gasteiger partial charge in [0.1, 0.15) is 0 Å². The van der Waals surface area contributed by atoms with Gasteiger partial charge in [-0.3, -0.25) is 4.90 Å². The summed E-state index contributed by atoms with van der Waals surface area (Å²) in [6, 6.07) is 0.712. The zero-order valence-electron chi connectivity index (χ0n) is 12.6. The summed E-state index contributed by atoms with van der Waals surface area (Å²) in [5.41, 5.74) is 6.74. The highest BCUT2D eigenvalue weighted by atomic mass is 16.5. The number of nitrogens with two attached hydrogens (primary N) is 1. The molecule has 0 amide bonds. The van der Waals surface area contributed by atoms with Crippen LogP contribution in [0, 0.1) is 11.3 Å². The lowest BCUT2D eigenvalue weighted by molar-refractivity contribution is -0.0852. The number of ether oxygens (including phenoxy) is 1. The van der Waals surface area contributed by atoms with E-state index >= 15 is 0 Å². The number of morpholine rings is 1. The molecule has 0 aromatic carbocycles. The summed E-state index contributed by atoms with van der Waals surface area (Å²) in [5, 5.41) is 9.26. The monoisotopic (exact) mass is 270 g/mol. The fraction of sp³-hybridized carbons (Fsp3) is 1.00. The average Bonchev–Trinajstić information content (AvgIpc) is 2.37. The SMILES string of the molecule is CC1COC(CO)CN1CC1CCCC(C)(C)C1N. The summed E-state index contributed by atoms with van der Waals surface area (Å²) in [6.07, 6.45) is 3.73. The predicted octanol–water partition coefficient (Wildman–Crippen LogP) is 1.22. The first-order valence-corrected chi connectivity index (χ1v) is 7.66. The second kappa shape index (κ2) is 6.08. The summed E-state index contributed by atoms with van der Waals surface area (Å²) in [5.74, 6) is 0.573. The molecule has 0 aromatic rings. The van der Waals surface area contributed by atoms with Crippen molar-refractivity contribution >= 4 is 0 Å². The van der Waals surface area contributed by atoms with Crippen molar-refractivity contribution in [3.63, 3.8) is 0 Å². The quantitative estimate of drug-likeness (QED) is 0.809. The van der Waals surface area contributed by atoms with Crippen molar-refractivity contribution < 1.29 is 9.84 Å². The van der Waals surface area contributed by atoms with E-state index < -0.39 is 0 Å². The molecule has 2 fully saturated rings. The first kappa shape index (κ1) is 15.2. The Hall–Kier alpha value is -0.160. The van der Waals surface area contributed by atoms with Gasteiger partial charge in [-0.25, -0.2) is 0 Å². The fourth-order valence-corrected chi connectivity index (χ4v) is 3.55. The Balaban J connectivity index is 1.95. The lowest BCUT2D eigenvalue weighted by Crippen LogP contribution is -2.55. The summed E-state index contributed by atoms with van der Waals surface area (Å²) in [7, 11) is 0. The zero-order chi connectivity index (χ0) is 14.0. The molecule has 4 atom stereocenters. The summed E-state index contributed by atoms with van der Waals surface area (Å²) >= 11 is 0. The maximum Gasteiger partial charge on any atom is 0.0933 e. The van der Waals surface area contributed by atoms with Crippen LogP contribution >= 0.6 is 0 Å². The second-order valence-electron chi connectivity index (χ2n) is 7.11. The first-order chi connectivity index (χ1) is 8.94. The van der Waals surface area contributed by atoms with E-state index in [0.29, 0.717) is 12.0 Å². The molecule has 1 aliphatic heterocycles. The van der Waals surface area contributed by atoms with Crippen LogP contribution in [-0.4, -0.2) is 54.5 Å².